The van der Waals surface area contributed by atoms with Gasteiger partial charge >= 0.3 is 0 Å². The second-order valence-electron chi connectivity index (χ2n) is 5.08. The van der Waals surface area contributed by atoms with E-state index in [4.69, 9.17) is 21.7 Å². The van der Waals surface area contributed by atoms with Gasteiger partial charge in [0.1, 0.15) is 5.70 Å². The molecule has 0 unspecified atom stereocenters. The van der Waals surface area contributed by atoms with Gasteiger partial charge in [0.2, 0.25) is 0 Å². The number of carbonyl (C=O) groups excluding carboxylic acids is 1. The van der Waals surface area contributed by atoms with E-state index in [1.807, 2.05) is 36.4 Å². The molecule has 1 fully saturated rings. The van der Waals surface area contributed by atoms with E-state index in [0.717, 1.165) is 11.3 Å². The van der Waals surface area contributed by atoms with Crippen molar-refractivity contribution in [3.8, 4) is 11.5 Å². The van der Waals surface area contributed by atoms with E-state index in [9.17, 15) is 4.79 Å². The first-order valence-electron chi connectivity index (χ1n) is 7.28. The molecular formula is C18H16N2O3S. The third-order valence-electron chi connectivity index (χ3n) is 3.61. The van der Waals surface area contributed by atoms with Crippen molar-refractivity contribution in [3.63, 3.8) is 0 Å². The Kier molecular flexibility index (Phi) is 4.48. The maximum absolute atomic E-state index is 12.7. The fraction of sp³-hybridized carbons (Fsp3) is 0.111. The normalized spacial score (nSPS) is 15.6. The maximum Gasteiger partial charge on any atom is 0.281 e. The zero-order valence-corrected chi connectivity index (χ0v) is 14.1. The molecule has 24 heavy (non-hydrogen) atoms. The van der Waals surface area contributed by atoms with Gasteiger partial charge in [-0.25, -0.2) is 0 Å². The van der Waals surface area contributed by atoms with E-state index in [1.54, 1.807) is 32.4 Å². The van der Waals surface area contributed by atoms with Gasteiger partial charge in [-0.3, -0.25) is 9.69 Å². The topological polar surface area (TPSA) is 50.8 Å². The van der Waals surface area contributed by atoms with Gasteiger partial charge in [-0.1, -0.05) is 24.3 Å². The Balaban J connectivity index is 1.92. The van der Waals surface area contributed by atoms with Gasteiger partial charge < -0.3 is 14.8 Å². The van der Waals surface area contributed by atoms with E-state index in [2.05, 4.69) is 5.32 Å². The van der Waals surface area contributed by atoms with Crippen molar-refractivity contribution in [2.75, 3.05) is 19.1 Å². The summed E-state index contributed by atoms with van der Waals surface area (Å²) in [6.45, 7) is 0. The molecule has 6 heteroatoms. The first-order chi connectivity index (χ1) is 11.6. The van der Waals surface area contributed by atoms with Crippen LogP contribution < -0.4 is 19.7 Å². The van der Waals surface area contributed by atoms with Crippen LogP contribution in [0.25, 0.3) is 6.08 Å². The SMILES string of the molecule is COc1ccc(C=C2NC(=S)N(c3ccccc3)C2=O)cc1OC. The van der Waals surface area contributed by atoms with Crippen LogP contribution in [0.5, 0.6) is 11.5 Å². The van der Waals surface area contributed by atoms with E-state index >= 15 is 0 Å². The van der Waals surface area contributed by atoms with Crippen molar-refractivity contribution in [2.24, 2.45) is 0 Å². The minimum atomic E-state index is -0.194. The first kappa shape index (κ1) is 16.0. The van der Waals surface area contributed by atoms with E-state index < -0.39 is 0 Å². The van der Waals surface area contributed by atoms with Crippen LogP contribution in [0.3, 0.4) is 0 Å². The summed E-state index contributed by atoms with van der Waals surface area (Å²) in [5.74, 6) is 1.03. The minimum Gasteiger partial charge on any atom is -0.493 e. The summed E-state index contributed by atoms with van der Waals surface area (Å²) >= 11 is 5.29. The third kappa shape index (κ3) is 2.96. The van der Waals surface area contributed by atoms with E-state index in [-0.39, 0.29) is 5.91 Å². The van der Waals surface area contributed by atoms with Crippen LogP contribution in [0.1, 0.15) is 5.56 Å². The Hall–Kier alpha value is -2.86. The molecule has 1 amide bonds. The molecule has 5 nitrogen and oxygen atoms in total. The molecule has 0 radical (unpaired) electrons. The number of benzene rings is 2. The Morgan fingerprint density at radius 1 is 1.04 bits per heavy atom. The summed E-state index contributed by atoms with van der Waals surface area (Å²) < 4.78 is 10.5. The summed E-state index contributed by atoms with van der Waals surface area (Å²) in [5.41, 5.74) is 1.95. The number of ether oxygens (including phenoxy) is 2. The summed E-state index contributed by atoms with van der Waals surface area (Å²) in [5, 5.41) is 3.32. The highest BCUT2D eigenvalue weighted by molar-refractivity contribution is 7.80. The van der Waals surface area contributed by atoms with E-state index in [0.29, 0.717) is 22.3 Å². The summed E-state index contributed by atoms with van der Waals surface area (Å²) in [6.07, 6.45) is 1.74. The zero-order chi connectivity index (χ0) is 17.1. The van der Waals surface area contributed by atoms with Crippen molar-refractivity contribution in [2.45, 2.75) is 0 Å². The van der Waals surface area contributed by atoms with Gasteiger partial charge in [-0.2, -0.15) is 0 Å². The smallest absolute Gasteiger partial charge is 0.281 e. The van der Waals surface area contributed by atoms with Crippen molar-refractivity contribution >= 4 is 35.0 Å². The number of anilines is 1. The van der Waals surface area contributed by atoms with Crippen LogP contribution in [-0.2, 0) is 4.79 Å². The third-order valence-corrected chi connectivity index (χ3v) is 3.90. The highest BCUT2D eigenvalue weighted by Crippen LogP contribution is 2.29. The van der Waals surface area contributed by atoms with Crippen molar-refractivity contribution < 1.29 is 14.3 Å². The fourth-order valence-electron chi connectivity index (χ4n) is 2.46. The molecule has 1 N–H and O–H groups in total. The second-order valence-corrected chi connectivity index (χ2v) is 5.47. The molecule has 122 valence electrons. The Morgan fingerprint density at radius 2 is 1.75 bits per heavy atom. The standard InChI is InChI=1S/C18H16N2O3S/c1-22-15-9-8-12(11-16(15)23-2)10-14-17(21)20(18(24)19-14)13-6-4-3-5-7-13/h3-11H,1-2H3,(H,19,24). The number of rotatable bonds is 4. The number of methoxy groups -OCH3 is 2. The lowest BCUT2D eigenvalue weighted by Crippen LogP contribution is -2.30. The Morgan fingerprint density at radius 3 is 2.42 bits per heavy atom. The van der Waals surface area contributed by atoms with Gasteiger partial charge in [-0.05, 0) is 48.1 Å². The molecule has 1 saturated heterocycles. The predicted octanol–water partition coefficient (Wildman–Crippen LogP) is 2.97. The summed E-state index contributed by atoms with van der Waals surface area (Å²) in [4.78, 5) is 14.1. The second kappa shape index (κ2) is 6.72. The highest BCUT2D eigenvalue weighted by atomic mass is 32.1. The molecule has 0 saturated carbocycles. The number of carbonyl (C=O) groups is 1. The molecule has 0 bridgehead atoms. The van der Waals surface area contributed by atoms with Gasteiger partial charge in [-0.15, -0.1) is 0 Å². The van der Waals surface area contributed by atoms with Crippen LogP contribution in [-0.4, -0.2) is 25.2 Å². The molecule has 0 aromatic heterocycles. The summed E-state index contributed by atoms with van der Waals surface area (Å²) in [6, 6.07) is 14.7. The van der Waals surface area contributed by atoms with Gasteiger partial charge in [0.25, 0.3) is 5.91 Å². The first-order valence-corrected chi connectivity index (χ1v) is 7.69. The van der Waals surface area contributed by atoms with Crippen LogP contribution in [0, 0.1) is 0 Å². The lowest BCUT2D eigenvalue weighted by atomic mass is 10.1. The van der Waals surface area contributed by atoms with Crippen molar-refractivity contribution in [1.82, 2.24) is 5.32 Å². The predicted molar refractivity (Wildman–Crippen MR) is 97.2 cm³/mol. The molecule has 1 aliphatic heterocycles. The highest BCUT2D eigenvalue weighted by Gasteiger charge is 2.31. The summed E-state index contributed by atoms with van der Waals surface area (Å²) in [7, 11) is 3.15. The molecule has 2 aromatic carbocycles. The molecule has 2 aromatic rings. The van der Waals surface area contributed by atoms with Gasteiger partial charge in [0, 0.05) is 0 Å². The van der Waals surface area contributed by atoms with Crippen LogP contribution in [0.15, 0.2) is 54.2 Å². The molecule has 1 heterocycles. The Bertz CT molecular complexity index is 818. The van der Waals surface area contributed by atoms with E-state index in [1.165, 1.54) is 4.90 Å². The fourth-order valence-corrected chi connectivity index (χ4v) is 2.75. The number of para-hydroxylation sites is 1. The lowest BCUT2D eigenvalue weighted by Gasteiger charge is -2.13. The lowest BCUT2D eigenvalue weighted by molar-refractivity contribution is -0.113. The van der Waals surface area contributed by atoms with Crippen molar-refractivity contribution in [3.05, 3.63) is 59.8 Å². The molecular weight excluding hydrogens is 324 g/mol. The number of hydrogen-bond acceptors (Lipinski definition) is 4. The molecule has 0 spiro atoms. The molecule has 0 aliphatic carbocycles. The number of amides is 1. The van der Waals surface area contributed by atoms with Crippen LogP contribution in [0.2, 0.25) is 0 Å². The Labute approximate surface area is 145 Å². The number of hydrogen-bond donors (Lipinski definition) is 1. The largest absolute Gasteiger partial charge is 0.493 e. The molecule has 0 atom stereocenters. The zero-order valence-electron chi connectivity index (χ0n) is 13.3. The molecule has 1 aliphatic rings. The minimum absolute atomic E-state index is 0.194. The van der Waals surface area contributed by atoms with Gasteiger partial charge in [0.15, 0.2) is 16.6 Å². The van der Waals surface area contributed by atoms with Crippen LogP contribution >= 0.6 is 12.2 Å². The quantitative estimate of drug-likeness (QED) is 0.685. The van der Waals surface area contributed by atoms with Crippen LogP contribution in [0.4, 0.5) is 5.69 Å². The number of nitrogens with zero attached hydrogens (tertiary/aromatic N) is 1. The average Bonchev–Trinajstić information content (AvgIpc) is 2.89. The monoisotopic (exact) mass is 340 g/mol. The number of nitrogens with one attached hydrogen (secondary N) is 1. The average molecular weight is 340 g/mol. The maximum atomic E-state index is 12.7. The molecule has 3 rings (SSSR count). The van der Waals surface area contributed by atoms with Gasteiger partial charge in [0.05, 0.1) is 19.9 Å². The number of thiocarbonyl (C=S) groups is 1. The van der Waals surface area contributed by atoms with Crippen molar-refractivity contribution in [1.29, 1.82) is 0 Å².